The van der Waals surface area contributed by atoms with E-state index >= 15 is 0 Å². The monoisotopic (exact) mass is 226 g/mol. The maximum absolute atomic E-state index is 12.1. The van der Waals surface area contributed by atoms with Crippen molar-refractivity contribution < 1.29 is 14.7 Å². The molecule has 0 bridgehead atoms. The smallest absolute Gasteiger partial charge is 0.326 e. The van der Waals surface area contributed by atoms with Crippen molar-refractivity contribution in [2.75, 3.05) is 19.6 Å². The number of hydrogen-bond acceptors (Lipinski definition) is 2. The van der Waals surface area contributed by atoms with Crippen LogP contribution in [0.25, 0.3) is 0 Å². The molecule has 1 N–H and O–H groups in total. The molecule has 90 valence electrons. The lowest BCUT2D eigenvalue weighted by molar-refractivity contribution is -0.141. The summed E-state index contributed by atoms with van der Waals surface area (Å²) in [4.78, 5) is 26.4. The molecule has 16 heavy (non-hydrogen) atoms. The summed E-state index contributed by atoms with van der Waals surface area (Å²) in [6, 6.07) is -0.681. The van der Waals surface area contributed by atoms with Crippen LogP contribution in [0.5, 0.6) is 0 Å². The first kappa shape index (κ1) is 11.2. The van der Waals surface area contributed by atoms with Crippen LogP contribution in [-0.4, -0.2) is 52.6 Å². The lowest BCUT2D eigenvalue weighted by Gasteiger charge is -2.32. The Bertz CT molecular complexity index is 287. The van der Waals surface area contributed by atoms with Gasteiger partial charge in [-0.05, 0) is 32.1 Å². The molecule has 2 aliphatic heterocycles. The number of carbonyl (C=O) groups excluding carboxylic acids is 1. The maximum Gasteiger partial charge on any atom is 0.326 e. The predicted octanol–water partition coefficient (Wildman–Crippen LogP) is 1.14. The molecule has 0 aromatic carbocycles. The zero-order valence-electron chi connectivity index (χ0n) is 9.39. The van der Waals surface area contributed by atoms with Crippen LogP contribution in [0, 0.1) is 0 Å². The molecule has 0 saturated carbocycles. The van der Waals surface area contributed by atoms with Crippen molar-refractivity contribution in [2.45, 2.75) is 38.1 Å². The van der Waals surface area contributed by atoms with Crippen LogP contribution < -0.4 is 0 Å². The normalized spacial score (nSPS) is 25.9. The minimum Gasteiger partial charge on any atom is -0.480 e. The summed E-state index contributed by atoms with van der Waals surface area (Å²) in [5, 5.41) is 9.02. The Morgan fingerprint density at radius 1 is 1.00 bits per heavy atom. The van der Waals surface area contributed by atoms with Gasteiger partial charge in [0.05, 0.1) is 0 Å². The van der Waals surface area contributed by atoms with Gasteiger partial charge in [-0.1, -0.05) is 0 Å². The Morgan fingerprint density at radius 3 is 2.31 bits per heavy atom. The highest BCUT2D eigenvalue weighted by molar-refractivity contribution is 5.83. The van der Waals surface area contributed by atoms with Gasteiger partial charge in [0.1, 0.15) is 6.04 Å². The highest BCUT2D eigenvalue weighted by atomic mass is 16.4. The molecule has 2 fully saturated rings. The van der Waals surface area contributed by atoms with E-state index in [-0.39, 0.29) is 6.03 Å². The summed E-state index contributed by atoms with van der Waals surface area (Å²) in [5.74, 6) is -0.872. The molecule has 0 aromatic rings. The average Bonchev–Trinajstić information content (AvgIpc) is 2.78. The third-order valence-electron chi connectivity index (χ3n) is 3.41. The second-order valence-corrected chi connectivity index (χ2v) is 4.52. The largest absolute Gasteiger partial charge is 0.480 e. The van der Waals surface area contributed by atoms with Crippen molar-refractivity contribution in [3.63, 3.8) is 0 Å². The van der Waals surface area contributed by atoms with Crippen LogP contribution in [0.1, 0.15) is 32.1 Å². The third-order valence-corrected chi connectivity index (χ3v) is 3.41. The summed E-state index contributed by atoms with van der Waals surface area (Å²) < 4.78 is 0. The zero-order chi connectivity index (χ0) is 11.5. The maximum atomic E-state index is 12.1. The van der Waals surface area contributed by atoms with E-state index in [1.807, 2.05) is 0 Å². The Kier molecular flexibility index (Phi) is 3.31. The van der Waals surface area contributed by atoms with Crippen molar-refractivity contribution in [2.24, 2.45) is 0 Å². The second kappa shape index (κ2) is 4.72. The van der Waals surface area contributed by atoms with Crippen LogP contribution in [0.3, 0.4) is 0 Å². The molecule has 2 saturated heterocycles. The van der Waals surface area contributed by atoms with Crippen LogP contribution in [0.2, 0.25) is 0 Å². The standard InChI is InChI=1S/C11H18N2O3/c14-10(15)9-5-4-8-13(9)11(16)12-6-2-1-3-7-12/h9H,1-8H2,(H,14,15)/t9-/m0/s1. The molecular weight excluding hydrogens is 208 g/mol. The van der Waals surface area contributed by atoms with Crippen molar-refractivity contribution >= 4 is 12.0 Å². The van der Waals surface area contributed by atoms with Crippen molar-refractivity contribution in [1.82, 2.24) is 9.80 Å². The Morgan fingerprint density at radius 2 is 1.69 bits per heavy atom. The fraction of sp³-hybridized carbons (Fsp3) is 0.818. The summed E-state index contributed by atoms with van der Waals surface area (Å²) in [6.07, 6.45) is 4.65. The highest BCUT2D eigenvalue weighted by Gasteiger charge is 2.36. The lowest BCUT2D eigenvalue weighted by atomic mass is 10.1. The number of urea groups is 1. The van der Waals surface area contributed by atoms with Crippen LogP contribution in [-0.2, 0) is 4.79 Å². The van der Waals surface area contributed by atoms with Gasteiger partial charge in [0.25, 0.3) is 0 Å². The summed E-state index contributed by atoms with van der Waals surface area (Å²) >= 11 is 0. The van der Waals surface area contributed by atoms with Gasteiger partial charge in [0, 0.05) is 19.6 Å². The number of amides is 2. The first-order valence-electron chi connectivity index (χ1n) is 5.98. The SMILES string of the molecule is O=C(O)[C@@H]1CCCN1C(=O)N1CCCCC1. The highest BCUT2D eigenvalue weighted by Crippen LogP contribution is 2.21. The van der Waals surface area contributed by atoms with E-state index in [1.165, 1.54) is 11.3 Å². The van der Waals surface area contributed by atoms with Crippen LogP contribution in [0.15, 0.2) is 0 Å². The van der Waals surface area contributed by atoms with Gasteiger partial charge in [-0.25, -0.2) is 9.59 Å². The molecule has 5 nitrogen and oxygen atoms in total. The molecule has 2 rings (SSSR count). The number of piperidine rings is 1. The molecule has 1 atom stereocenters. The Labute approximate surface area is 95.0 Å². The average molecular weight is 226 g/mol. The van der Waals surface area contributed by atoms with Gasteiger partial charge in [-0.15, -0.1) is 0 Å². The van der Waals surface area contributed by atoms with Crippen LogP contribution >= 0.6 is 0 Å². The number of rotatable bonds is 1. The number of carboxylic acid groups (broad SMARTS) is 1. The molecule has 2 amide bonds. The Balaban J connectivity index is 1.99. The van der Waals surface area contributed by atoms with Crippen molar-refractivity contribution in [1.29, 1.82) is 0 Å². The third kappa shape index (κ3) is 2.13. The van der Waals surface area contributed by atoms with Gasteiger partial charge in [0.2, 0.25) is 0 Å². The van der Waals surface area contributed by atoms with Crippen LogP contribution in [0.4, 0.5) is 4.79 Å². The number of carboxylic acids is 1. The van der Waals surface area contributed by atoms with E-state index in [0.29, 0.717) is 13.0 Å². The van der Waals surface area contributed by atoms with Gasteiger partial charge in [0.15, 0.2) is 0 Å². The topological polar surface area (TPSA) is 60.9 Å². The molecule has 5 heteroatoms. The molecule has 0 aliphatic carbocycles. The van der Waals surface area contributed by atoms with Crippen molar-refractivity contribution in [3.8, 4) is 0 Å². The summed E-state index contributed by atoms with van der Waals surface area (Å²) in [7, 11) is 0. The molecular formula is C11H18N2O3. The molecule has 0 radical (unpaired) electrons. The molecule has 2 aliphatic rings. The number of hydrogen-bond donors (Lipinski definition) is 1. The van der Waals surface area contributed by atoms with E-state index in [2.05, 4.69) is 0 Å². The number of nitrogens with zero attached hydrogens (tertiary/aromatic N) is 2. The first-order valence-corrected chi connectivity index (χ1v) is 5.98. The van der Waals surface area contributed by atoms with E-state index in [9.17, 15) is 9.59 Å². The second-order valence-electron chi connectivity index (χ2n) is 4.52. The first-order chi connectivity index (χ1) is 7.70. The summed E-state index contributed by atoms with van der Waals surface area (Å²) in [5.41, 5.74) is 0. The fourth-order valence-corrected chi connectivity index (χ4v) is 2.52. The molecule has 0 unspecified atom stereocenters. The number of carbonyl (C=O) groups is 2. The predicted molar refractivity (Wildman–Crippen MR) is 58.2 cm³/mol. The molecule has 0 aromatic heterocycles. The minimum atomic E-state index is -0.872. The van der Waals surface area contributed by atoms with Gasteiger partial charge in [-0.3, -0.25) is 0 Å². The Hall–Kier alpha value is -1.26. The van der Waals surface area contributed by atoms with Gasteiger partial charge >= 0.3 is 12.0 Å². The van der Waals surface area contributed by atoms with E-state index in [4.69, 9.17) is 5.11 Å². The number of aliphatic carboxylic acids is 1. The molecule has 2 heterocycles. The number of likely N-dealkylation sites (tertiary alicyclic amines) is 2. The fourth-order valence-electron chi connectivity index (χ4n) is 2.52. The minimum absolute atomic E-state index is 0.0791. The lowest BCUT2D eigenvalue weighted by Crippen LogP contribution is -2.49. The van der Waals surface area contributed by atoms with E-state index < -0.39 is 12.0 Å². The van der Waals surface area contributed by atoms with Gasteiger partial charge in [-0.2, -0.15) is 0 Å². The summed E-state index contributed by atoms with van der Waals surface area (Å²) in [6.45, 7) is 2.15. The van der Waals surface area contributed by atoms with Gasteiger partial charge < -0.3 is 14.9 Å². The molecule has 0 spiro atoms. The van der Waals surface area contributed by atoms with E-state index in [1.54, 1.807) is 4.90 Å². The quantitative estimate of drug-likeness (QED) is 0.729. The van der Waals surface area contributed by atoms with Crippen molar-refractivity contribution in [3.05, 3.63) is 0 Å². The zero-order valence-corrected chi connectivity index (χ0v) is 9.39. The van der Waals surface area contributed by atoms with E-state index in [0.717, 1.165) is 32.4 Å².